The van der Waals surface area contributed by atoms with E-state index in [1.807, 2.05) is 0 Å². The van der Waals surface area contributed by atoms with Crippen molar-refractivity contribution in [2.45, 2.75) is 12.5 Å². The molecule has 0 spiro atoms. The molecule has 1 unspecified atom stereocenters. The number of amides is 3. The van der Waals surface area contributed by atoms with Gasteiger partial charge in [0.05, 0.1) is 13.0 Å². The average molecular weight is 276 g/mol. The van der Waals surface area contributed by atoms with Gasteiger partial charge in [0.2, 0.25) is 17.7 Å². The van der Waals surface area contributed by atoms with Gasteiger partial charge in [-0.05, 0) is 11.6 Å². The Morgan fingerprint density at radius 2 is 2.10 bits per heavy atom. The molecule has 1 heterocycles. The van der Waals surface area contributed by atoms with Crippen molar-refractivity contribution in [3.63, 3.8) is 0 Å². The summed E-state index contributed by atoms with van der Waals surface area (Å²) >= 11 is 0. The number of hydrogen-bond acceptors (Lipinski definition) is 4. The van der Waals surface area contributed by atoms with Gasteiger partial charge in [-0.15, -0.1) is 0 Å². The molecular formula is C13H16N4O3. The van der Waals surface area contributed by atoms with Crippen molar-refractivity contribution in [1.29, 1.82) is 0 Å². The van der Waals surface area contributed by atoms with Crippen LogP contribution in [0.4, 0.5) is 5.69 Å². The van der Waals surface area contributed by atoms with E-state index < -0.39 is 11.9 Å². The largest absolute Gasteiger partial charge is 0.369 e. The van der Waals surface area contributed by atoms with E-state index in [1.165, 1.54) is 0 Å². The number of nitrogens with one attached hydrogen (secondary N) is 3. The maximum atomic E-state index is 12.1. The number of benzene rings is 1. The van der Waals surface area contributed by atoms with Crippen LogP contribution in [0.3, 0.4) is 0 Å². The topological polar surface area (TPSA) is 113 Å². The number of para-hydroxylation sites is 1. The molecule has 0 saturated carbocycles. The van der Waals surface area contributed by atoms with Gasteiger partial charge in [0.1, 0.15) is 6.04 Å². The molecule has 1 aromatic carbocycles. The summed E-state index contributed by atoms with van der Waals surface area (Å²) in [6, 6.07) is 6.48. The molecule has 1 aliphatic rings. The van der Waals surface area contributed by atoms with E-state index in [-0.39, 0.29) is 31.3 Å². The van der Waals surface area contributed by atoms with Gasteiger partial charge >= 0.3 is 0 Å². The molecule has 106 valence electrons. The molecule has 0 aromatic heterocycles. The molecule has 2 rings (SSSR count). The third-order valence-corrected chi connectivity index (χ3v) is 2.97. The minimum Gasteiger partial charge on any atom is -0.369 e. The van der Waals surface area contributed by atoms with Gasteiger partial charge in [0.15, 0.2) is 0 Å². The van der Waals surface area contributed by atoms with E-state index in [1.54, 1.807) is 24.3 Å². The van der Waals surface area contributed by atoms with E-state index in [4.69, 9.17) is 5.73 Å². The molecule has 3 amide bonds. The highest BCUT2D eigenvalue weighted by atomic mass is 16.2. The van der Waals surface area contributed by atoms with E-state index in [0.29, 0.717) is 11.3 Å². The smallest absolute Gasteiger partial charge is 0.243 e. The Hall–Kier alpha value is -2.41. The van der Waals surface area contributed by atoms with Gasteiger partial charge in [-0.2, -0.15) is 0 Å². The molecule has 1 aromatic rings. The molecule has 0 aliphatic carbocycles. The number of hydrogen-bond donors (Lipinski definition) is 4. The third kappa shape index (κ3) is 3.55. The van der Waals surface area contributed by atoms with Crippen LogP contribution in [0.2, 0.25) is 0 Å². The number of rotatable bonds is 4. The quantitative estimate of drug-likeness (QED) is 0.549. The van der Waals surface area contributed by atoms with Crippen molar-refractivity contribution < 1.29 is 14.4 Å². The fourth-order valence-electron chi connectivity index (χ4n) is 1.96. The van der Waals surface area contributed by atoms with Crippen LogP contribution in [0.1, 0.15) is 5.56 Å². The fourth-order valence-corrected chi connectivity index (χ4v) is 1.96. The Balaban J connectivity index is 2.04. The van der Waals surface area contributed by atoms with Crippen LogP contribution < -0.4 is 21.7 Å². The van der Waals surface area contributed by atoms with E-state index in [0.717, 1.165) is 0 Å². The van der Waals surface area contributed by atoms with Crippen LogP contribution in [0, 0.1) is 0 Å². The van der Waals surface area contributed by atoms with Crippen molar-refractivity contribution in [2.24, 2.45) is 5.73 Å². The number of anilines is 1. The summed E-state index contributed by atoms with van der Waals surface area (Å²) in [5.41, 5.74) is 6.38. The lowest BCUT2D eigenvalue weighted by atomic mass is 10.1. The Labute approximate surface area is 115 Å². The van der Waals surface area contributed by atoms with E-state index in [2.05, 4.69) is 16.0 Å². The second kappa shape index (κ2) is 6.16. The first-order valence-corrected chi connectivity index (χ1v) is 6.23. The summed E-state index contributed by atoms with van der Waals surface area (Å²) in [5, 5.41) is 8.18. The zero-order valence-corrected chi connectivity index (χ0v) is 10.8. The number of nitrogens with two attached hydrogens (primary N) is 1. The van der Waals surface area contributed by atoms with Gasteiger partial charge in [0.25, 0.3) is 0 Å². The number of carbonyl (C=O) groups is 3. The normalized spacial score (nSPS) is 18.2. The van der Waals surface area contributed by atoms with Crippen LogP contribution >= 0.6 is 0 Å². The first-order valence-electron chi connectivity index (χ1n) is 6.23. The highest BCUT2D eigenvalue weighted by molar-refractivity contribution is 5.97. The second-order valence-corrected chi connectivity index (χ2v) is 4.53. The van der Waals surface area contributed by atoms with Gasteiger partial charge in [-0.3, -0.25) is 19.7 Å². The van der Waals surface area contributed by atoms with Crippen LogP contribution in [0.15, 0.2) is 24.3 Å². The predicted molar refractivity (Wildman–Crippen MR) is 72.8 cm³/mol. The Kier molecular flexibility index (Phi) is 4.31. The summed E-state index contributed by atoms with van der Waals surface area (Å²) in [6.45, 7) is 0.351. The van der Waals surface area contributed by atoms with Crippen molar-refractivity contribution in [1.82, 2.24) is 10.6 Å². The van der Waals surface area contributed by atoms with Gasteiger partial charge < -0.3 is 16.4 Å². The summed E-state index contributed by atoms with van der Waals surface area (Å²) in [7, 11) is 0. The van der Waals surface area contributed by atoms with Crippen molar-refractivity contribution in [3.05, 3.63) is 29.8 Å². The van der Waals surface area contributed by atoms with Crippen LogP contribution in [-0.4, -0.2) is 36.9 Å². The maximum absolute atomic E-state index is 12.1. The first-order chi connectivity index (χ1) is 9.56. The Bertz CT molecular complexity index is 534. The van der Waals surface area contributed by atoms with Crippen LogP contribution in [-0.2, 0) is 20.8 Å². The first kappa shape index (κ1) is 14.0. The summed E-state index contributed by atoms with van der Waals surface area (Å²) in [5.74, 6) is -0.861. The third-order valence-electron chi connectivity index (χ3n) is 2.97. The second-order valence-electron chi connectivity index (χ2n) is 4.53. The summed E-state index contributed by atoms with van der Waals surface area (Å²) in [6.07, 6.45) is 0.0608. The van der Waals surface area contributed by atoms with Gasteiger partial charge in [0, 0.05) is 12.2 Å². The minimum absolute atomic E-state index is 0.0608. The van der Waals surface area contributed by atoms with Crippen LogP contribution in [0.25, 0.3) is 0 Å². The van der Waals surface area contributed by atoms with Crippen molar-refractivity contribution >= 4 is 23.4 Å². The molecule has 0 radical (unpaired) electrons. The number of piperazine rings is 1. The minimum atomic E-state index is -0.491. The van der Waals surface area contributed by atoms with Crippen molar-refractivity contribution in [2.75, 3.05) is 18.4 Å². The summed E-state index contributed by atoms with van der Waals surface area (Å²) < 4.78 is 0. The molecule has 0 bridgehead atoms. The molecule has 1 atom stereocenters. The molecule has 7 heteroatoms. The average Bonchev–Trinajstić information content (AvgIpc) is 2.41. The number of primary amides is 1. The van der Waals surface area contributed by atoms with E-state index >= 15 is 0 Å². The monoisotopic (exact) mass is 276 g/mol. The molecule has 7 nitrogen and oxygen atoms in total. The Morgan fingerprint density at radius 1 is 1.35 bits per heavy atom. The van der Waals surface area contributed by atoms with Gasteiger partial charge in [-0.1, -0.05) is 18.2 Å². The zero-order valence-electron chi connectivity index (χ0n) is 10.8. The molecule has 1 aliphatic heterocycles. The molecule has 1 fully saturated rings. The van der Waals surface area contributed by atoms with E-state index in [9.17, 15) is 14.4 Å². The fraction of sp³-hybridized carbons (Fsp3) is 0.308. The maximum Gasteiger partial charge on any atom is 0.243 e. The number of carbonyl (C=O) groups excluding carboxylic acids is 3. The van der Waals surface area contributed by atoms with Crippen LogP contribution in [0.5, 0.6) is 0 Å². The van der Waals surface area contributed by atoms with Gasteiger partial charge in [-0.25, -0.2) is 0 Å². The lowest BCUT2D eigenvalue weighted by Crippen LogP contribution is -2.56. The standard InChI is InChI=1S/C13H16N4O3/c14-11(18)5-8-3-1-2-4-9(8)17-13(20)10-6-16-12(19)7-15-10/h1-4,10,15H,5-7H2,(H2,14,18)(H,16,19)(H,17,20). The lowest BCUT2D eigenvalue weighted by molar-refractivity contribution is -0.124. The predicted octanol–water partition coefficient (Wildman–Crippen LogP) is -1.26. The molecule has 1 saturated heterocycles. The SMILES string of the molecule is NC(=O)Cc1ccccc1NC(=O)C1CNC(=O)CN1. The molecular weight excluding hydrogens is 260 g/mol. The lowest BCUT2D eigenvalue weighted by Gasteiger charge is -2.23. The zero-order chi connectivity index (χ0) is 14.5. The van der Waals surface area contributed by atoms with Crippen molar-refractivity contribution in [3.8, 4) is 0 Å². The summed E-state index contributed by atoms with van der Waals surface area (Å²) in [4.78, 5) is 34.1. The highest BCUT2D eigenvalue weighted by Crippen LogP contribution is 2.15. The molecule has 5 N–H and O–H groups in total. The Morgan fingerprint density at radius 3 is 2.75 bits per heavy atom. The molecule has 20 heavy (non-hydrogen) atoms. The highest BCUT2D eigenvalue weighted by Gasteiger charge is 2.24.